The molecule has 0 radical (unpaired) electrons. The molecule has 0 atom stereocenters. The number of quaternary nitrogens is 1. The number of likely N-dealkylation sites (N-methyl/N-ethyl adjacent to an activating group) is 1. The highest BCUT2D eigenvalue weighted by Crippen LogP contribution is 2.12. The Hall–Kier alpha value is -1.10. The van der Waals surface area contributed by atoms with Gasteiger partial charge in [0.1, 0.15) is 0 Å². The van der Waals surface area contributed by atoms with E-state index in [0.29, 0.717) is 11.0 Å². The number of hydrogen-bond donors (Lipinski definition) is 2. The Labute approximate surface area is 103 Å². The summed E-state index contributed by atoms with van der Waals surface area (Å²) in [7, 11) is 3.75. The first-order chi connectivity index (χ1) is 7.54. The highest BCUT2D eigenvalue weighted by atomic mass is 16.4. The van der Waals surface area contributed by atoms with Crippen LogP contribution in [0, 0.1) is 5.41 Å². The minimum atomic E-state index is -0.797. The Kier molecular flexibility index (Phi) is 5.61. The molecule has 1 amide bonds. The number of nitrogens with one attached hydrogen (secondary N) is 1. The summed E-state index contributed by atoms with van der Waals surface area (Å²) in [6, 6.07) is 0. The molecule has 0 aliphatic carbocycles. The minimum Gasteiger partial charge on any atom is -0.477 e. The molecular formula is C12H25N2O3+. The van der Waals surface area contributed by atoms with Crippen molar-refractivity contribution in [3.8, 4) is 0 Å². The van der Waals surface area contributed by atoms with Gasteiger partial charge in [0.25, 0.3) is 0 Å². The molecule has 0 aromatic carbocycles. The standard InChI is InChI=1S/C12H24N2O3/c1-12(2,3)11(17)13-7-6-8-14(4,5)9-10(15)16/h6-9H2,1-5H3,(H-,13,15,16,17)/p+1. The quantitative estimate of drug-likeness (QED) is 0.535. The fraction of sp³-hybridized carbons (Fsp3) is 0.833. The van der Waals surface area contributed by atoms with Crippen molar-refractivity contribution < 1.29 is 19.2 Å². The van der Waals surface area contributed by atoms with Crippen molar-refractivity contribution >= 4 is 11.9 Å². The van der Waals surface area contributed by atoms with E-state index in [1.54, 1.807) is 0 Å². The zero-order chi connectivity index (χ0) is 13.7. The summed E-state index contributed by atoms with van der Waals surface area (Å²) >= 11 is 0. The normalized spacial score (nSPS) is 12.3. The first-order valence-electron chi connectivity index (χ1n) is 5.87. The van der Waals surface area contributed by atoms with E-state index in [1.807, 2.05) is 34.9 Å². The molecule has 17 heavy (non-hydrogen) atoms. The van der Waals surface area contributed by atoms with Crippen molar-refractivity contribution in [2.75, 3.05) is 33.7 Å². The van der Waals surface area contributed by atoms with E-state index in [2.05, 4.69) is 5.32 Å². The topological polar surface area (TPSA) is 66.4 Å². The molecule has 0 saturated carbocycles. The number of carboxylic acids is 1. The van der Waals surface area contributed by atoms with Crippen molar-refractivity contribution in [3.05, 3.63) is 0 Å². The average Bonchev–Trinajstić information content (AvgIpc) is 2.08. The van der Waals surface area contributed by atoms with Crippen LogP contribution in [0.5, 0.6) is 0 Å². The third kappa shape index (κ3) is 7.74. The van der Waals surface area contributed by atoms with Gasteiger partial charge in [0, 0.05) is 18.4 Å². The van der Waals surface area contributed by atoms with Crippen LogP contribution in [0.25, 0.3) is 0 Å². The summed E-state index contributed by atoms with van der Waals surface area (Å²) in [5.41, 5.74) is -0.370. The molecule has 0 aromatic heterocycles. The lowest BCUT2D eigenvalue weighted by Gasteiger charge is -2.28. The van der Waals surface area contributed by atoms with E-state index < -0.39 is 5.97 Å². The highest BCUT2D eigenvalue weighted by molar-refractivity contribution is 5.81. The summed E-state index contributed by atoms with van der Waals surface area (Å²) < 4.78 is 0.431. The van der Waals surface area contributed by atoms with E-state index in [9.17, 15) is 9.59 Å². The summed E-state index contributed by atoms with van der Waals surface area (Å²) in [4.78, 5) is 22.2. The highest BCUT2D eigenvalue weighted by Gasteiger charge is 2.22. The zero-order valence-electron chi connectivity index (χ0n) is 11.5. The smallest absolute Gasteiger partial charge is 0.359 e. The number of carboxylic acid groups (broad SMARTS) is 1. The predicted molar refractivity (Wildman–Crippen MR) is 66.6 cm³/mol. The van der Waals surface area contributed by atoms with Crippen molar-refractivity contribution in [1.82, 2.24) is 5.32 Å². The maximum absolute atomic E-state index is 11.6. The first kappa shape index (κ1) is 15.9. The molecule has 0 fully saturated rings. The van der Waals surface area contributed by atoms with Gasteiger partial charge < -0.3 is 14.9 Å². The van der Waals surface area contributed by atoms with Crippen LogP contribution >= 0.6 is 0 Å². The molecular weight excluding hydrogens is 220 g/mol. The Morgan fingerprint density at radius 3 is 2.18 bits per heavy atom. The van der Waals surface area contributed by atoms with Crippen LogP contribution in [-0.4, -0.2) is 55.2 Å². The van der Waals surface area contributed by atoms with Crippen LogP contribution in [0.15, 0.2) is 0 Å². The minimum absolute atomic E-state index is 0.0287. The number of carbonyl (C=O) groups excluding carboxylic acids is 1. The van der Waals surface area contributed by atoms with Crippen LogP contribution in [0.2, 0.25) is 0 Å². The number of hydrogen-bond acceptors (Lipinski definition) is 2. The van der Waals surface area contributed by atoms with Crippen LogP contribution in [0.3, 0.4) is 0 Å². The molecule has 2 N–H and O–H groups in total. The summed E-state index contributed by atoms with van der Waals surface area (Å²) in [6.07, 6.45) is 0.780. The van der Waals surface area contributed by atoms with Gasteiger partial charge in [-0.1, -0.05) is 20.8 Å². The van der Waals surface area contributed by atoms with E-state index in [1.165, 1.54) is 0 Å². The SMILES string of the molecule is CC(C)(C)C(=O)NCCC[N+](C)(C)CC(=O)O. The lowest BCUT2D eigenvalue weighted by Crippen LogP contribution is -2.45. The molecule has 0 rings (SSSR count). The molecule has 0 saturated heterocycles. The fourth-order valence-corrected chi connectivity index (χ4v) is 1.42. The number of carbonyl (C=O) groups is 2. The summed E-state index contributed by atoms with van der Waals surface area (Å²) in [6.45, 7) is 7.04. The van der Waals surface area contributed by atoms with Gasteiger partial charge in [-0.2, -0.15) is 0 Å². The van der Waals surface area contributed by atoms with Gasteiger partial charge in [-0.25, -0.2) is 4.79 Å². The zero-order valence-corrected chi connectivity index (χ0v) is 11.5. The third-order valence-corrected chi connectivity index (χ3v) is 2.47. The maximum atomic E-state index is 11.6. The molecule has 0 aromatic rings. The van der Waals surface area contributed by atoms with Gasteiger partial charge >= 0.3 is 5.97 Å². The molecule has 5 heteroatoms. The number of rotatable bonds is 6. The van der Waals surface area contributed by atoms with Gasteiger partial charge in [-0.3, -0.25) is 4.79 Å². The van der Waals surface area contributed by atoms with Gasteiger partial charge in [-0.05, 0) is 0 Å². The first-order valence-corrected chi connectivity index (χ1v) is 5.87. The average molecular weight is 245 g/mol. The van der Waals surface area contributed by atoms with Crippen molar-refractivity contribution in [2.45, 2.75) is 27.2 Å². The summed E-state index contributed by atoms with van der Waals surface area (Å²) in [5.74, 6) is -0.769. The maximum Gasteiger partial charge on any atom is 0.359 e. The number of amides is 1. The Bertz CT molecular complexity index is 280. The van der Waals surface area contributed by atoms with E-state index >= 15 is 0 Å². The lowest BCUT2D eigenvalue weighted by molar-refractivity contribution is -0.883. The Morgan fingerprint density at radius 2 is 1.76 bits per heavy atom. The van der Waals surface area contributed by atoms with E-state index in [-0.39, 0.29) is 17.9 Å². The molecule has 0 spiro atoms. The van der Waals surface area contributed by atoms with Gasteiger partial charge in [0.2, 0.25) is 5.91 Å². The molecule has 0 unspecified atom stereocenters. The molecule has 0 heterocycles. The van der Waals surface area contributed by atoms with Gasteiger partial charge in [0.05, 0.1) is 20.6 Å². The van der Waals surface area contributed by atoms with Gasteiger partial charge in [-0.15, -0.1) is 0 Å². The van der Waals surface area contributed by atoms with Gasteiger partial charge in [0.15, 0.2) is 6.54 Å². The molecule has 5 nitrogen and oxygen atoms in total. The Balaban J connectivity index is 3.86. The monoisotopic (exact) mass is 245 g/mol. The molecule has 100 valence electrons. The summed E-state index contributed by atoms with van der Waals surface area (Å²) in [5, 5.41) is 11.6. The van der Waals surface area contributed by atoms with E-state index in [0.717, 1.165) is 13.0 Å². The predicted octanol–water partition coefficient (Wildman–Crippen LogP) is 0.700. The molecule has 0 aliphatic rings. The molecule has 0 aliphatic heterocycles. The van der Waals surface area contributed by atoms with Crippen molar-refractivity contribution in [3.63, 3.8) is 0 Å². The van der Waals surface area contributed by atoms with Crippen LogP contribution in [-0.2, 0) is 9.59 Å². The van der Waals surface area contributed by atoms with Crippen molar-refractivity contribution in [1.29, 1.82) is 0 Å². The fourth-order valence-electron chi connectivity index (χ4n) is 1.42. The second-order valence-corrected chi connectivity index (χ2v) is 6.07. The number of aliphatic carboxylic acids is 1. The second kappa shape index (κ2) is 6.00. The number of nitrogens with zero attached hydrogens (tertiary/aromatic N) is 1. The third-order valence-electron chi connectivity index (χ3n) is 2.47. The van der Waals surface area contributed by atoms with Crippen molar-refractivity contribution in [2.24, 2.45) is 5.41 Å². The molecule has 0 bridgehead atoms. The Morgan fingerprint density at radius 1 is 1.24 bits per heavy atom. The van der Waals surface area contributed by atoms with Crippen LogP contribution < -0.4 is 5.32 Å². The second-order valence-electron chi connectivity index (χ2n) is 6.07. The van der Waals surface area contributed by atoms with Crippen LogP contribution in [0.4, 0.5) is 0 Å². The lowest BCUT2D eigenvalue weighted by atomic mass is 9.96. The van der Waals surface area contributed by atoms with E-state index in [4.69, 9.17) is 5.11 Å². The largest absolute Gasteiger partial charge is 0.477 e. The van der Waals surface area contributed by atoms with Crippen LogP contribution in [0.1, 0.15) is 27.2 Å².